The van der Waals surface area contributed by atoms with E-state index in [0.717, 1.165) is 5.56 Å². The van der Waals surface area contributed by atoms with Crippen molar-refractivity contribution in [3.05, 3.63) is 47.0 Å². The van der Waals surface area contributed by atoms with Crippen molar-refractivity contribution in [2.45, 2.75) is 19.3 Å². The smallest absolute Gasteiger partial charge is 0.307 e. The summed E-state index contributed by atoms with van der Waals surface area (Å²) < 4.78 is 0. The van der Waals surface area contributed by atoms with Gasteiger partial charge in [-0.25, -0.2) is 0 Å². The van der Waals surface area contributed by atoms with Gasteiger partial charge in [-0.15, -0.1) is 0 Å². The molecular weight excluding hydrogens is 290 g/mol. The molecule has 0 aliphatic heterocycles. The Bertz CT molecular complexity index is 556. The molecule has 0 saturated carbocycles. The number of hydrogen-bond donors (Lipinski definition) is 2. The Labute approximate surface area is 128 Å². The maximum absolute atomic E-state index is 12.1. The zero-order valence-electron chi connectivity index (χ0n) is 11.6. The average molecular weight is 308 g/mol. The number of aliphatic carboxylic acids is 1. The molecule has 1 aromatic rings. The highest BCUT2D eigenvalue weighted by molar-refractivity contribution is 6.30. The number of nitrogens with one attached hydrogen (secondary N) is 1. The fourth-order valence-electron chi connectivity index (χ4n) is 2.53. The third-order valence-corrected chi connectivity index (χ3v) is 3.92. The number of carbonyl (C=O) groups is 2. The minimum Gasteiger partial charge on any atom is -0.481 e. The normalized spacial score (nSPS) is 21.0. The minimum atomic E-state index is -0.908. The summed E-state index contributed by atoms with van der Waals surface area (Å²) in [6.07, 6.45) is 5.28. The van der Waals surface area contributed by atoms with Crippen molar-refractivity contribution in [3.8, 4) is 0 Å². The second-order valence-corrected chi connectivity index (χ2v) is 5.60. The molecule has 0 bridgehead atoms. The van der Waals surface area contributed by atoms with E-state index < -0.39 is 17.8 Å². The second kappa shape index (κ2) is 7.27. The summed E-state index contributed by atoms with van der Waals surface area (Å²) in [5.74, 6) is -2.20. The van der Waals surface area contributed by atoms with Crippen LogP contribution in [0.2, 0.25) is 5.02 Å². The molecule has 4 nitrogen and oxygen atoms in total. The number of amides is 1. The molecule has 0 heterocycles. The van der Waals surface area contributed by atoms with Crippen molar-refractivity contribution < 1.29 is 14.7 Å². The number of benzene rings is 1. The SMILES string of the molecule is O=C(O)[C@H]1CC=CC[C@H]1C(=O)NCCc1cccc(Cl)c1. The first kappa shape index (κ1) is 15.6. The predicted octanol–water partition coefficient (Wildman–Crippen LogP) is 2.67. The average Bonchev–Trinajstić information content (AvgIpc) is 2.47. The Balaban J connectivity index is 1.86. The van der Waals surface area contributed by atoms with Gasteiger partial charge >= 0.3 is 5.97 Å². The number of carboxylic acids is 1. The lowest BCUT2D eigenvalue weighted by molar-refractivity contribution is -0.147. The molecule has 1 aromatic carbocycles. The molecule has 0 radical (unpaired) electrons. The molecule has 2 atom stereocenters. The third-order valence-electron chi connectivity index (χ3n) is 3.69. The van der Waals surface area contributed by atoms with E-state index in [0.29, 0.717) is 30.8 Å². The van der Waals surface area contributed by atoms with E-state index in [-0.39, 0.29) is 5.91 Å². The molecule has 21 heavy (non-hydrogen) atoms. The van der Waals surface area contributed by atoms with E-state index in [9.17, 15) is 9.59 Å². The van der Waals surface area contributed by atoms with Gasteiger partial charge in [-0.2, -0.15) is 0 Å². The van der Waals surface area contributed by atoms with Crippen molar-refractivity contribution >= 4 is 23.5 Å². The Hall–Kier alpha value is -1.81. The van der Waals surface area contributed by atoms with Gasteiger partial charge in [0.2, 0.25) is 5.91 Å². The van der Waals surface area contributed by atoms with Crippen LogP contribution in [0, 0.1) is 11.8 Å². The number of carboxylic acid groups (broad SMARTS) is 1. The fourth-order valence-corrected chi connectivity index (χ4v) is 2.74. The van der Waals surface area contributed by atoms with E-state index in [1.807, 2.05) is 30.4 Å². The summed E-state index contributed by atoms with van der Waals surface area (Å²) in [7, 11) is 0. The zero-order valence-corrected chi connectivity index (χ0v) is 12.3. The van der Waals surface area contributed by atoms with Crippen LogP contribution in [0.3, 0.4) is 0 Å². The lowest BCUT2D eigenvalue weighted by Crippen LogP contribution is -2.39. The minimum absolute atomic E-state index is 0.186. The van der Waals surface area contributed by atoms with E-state index in [1.165, 1.54) is 0 Å². The lowest BCUT2D eigenvalue weighted by atomic mass is 9.82. The first-order chi connectivity index (χ1) is 10.1. The summed E-state index contributed by atoms with van der Waals surface area (Å²) in [4.78, 5) is 23.3. The highest BCUT2D eigenvalue weighted by Gasteiger charge is 2.33. The van der Waals surface area contributed by atoms with Crippen LogP contribution in [0.1, 0.15) is 18.4 Å². The Kier molecular flexibility index (Phi) is 5.39. The van der Waals surface area contributed by atoms with Crippen molar-refractivity contribution in [1.82, 2.24) is 5.32 Å². The largest absolute Gasteiger partial charge is 0.481 e. The van der Waals surface area contributed by atoms with Gasteiger partial charge in [-0.3, -0.25) is 9.59 Å². The molecule has 2 rings (SSSR count). The van der Waals surface area contributed by atoms with Crippen LogP contribution in [-0.4, -0.2) is 23.5 Å². The third kappa shape index (κ3) is 4.33. The summed E-state index contributed by atoms with van der Waals surface area (Å²) in [6.45, 7) is 0.478. The van der Waals surface area contributed by atoms with Gasteiger partial charge in [-0.1, -0.05) is 35.9 Å². The Morgan fingerprint density at radius 1 is 1.24 bits per heavy atom. The van der Waals surface area contributed by atoms with Crippen LogP contribution >= 0.6 is 11.6 Å². The highest BCUT2D eigenvalue weighted by Crippen LogP contribution is 2.26. The molecule has 0 aromatic heterocycles. The van der Waals surface area contributed by atoms with Crippen molar-refractivity contribution in [3.63, 3.8) is 0 Å². The van der Waals surface area contributed by atoms with Gasteiger partial charge in [0.1, 0.15) is 0 Å². The number of rotatable bonds is 5. The molecule has 5 heteroatoms. The number of carbonyl (C=O) groups excluding carboxylic acids is 1. The quantitative estimate of drug-likeness (QED) is 0.822. The molecule has 2 N–H and O–H groups in total. The van der Waals surface area contributed by atoms with Gasteiger partial charge < -0.3 is 10.4 Å². The zero-order chi connectivity index (χ0) is 15.2. The summed E-state index contributed by atoms with van der Waals surface area (Å²) in [6, 6.07) is 7.47. The summed E-state index contributed by atoms with van der Waals surface area (Å²) >= 11 is 5.90. The van der Waals surface area contributed by atoms with Crippen LogP contribution in [0.25, 0.3) is 0 Å². The molecule has 0 unspecified atom stereocenters. The summed E-state index contributed by atoms with van der Waals surface area (Å²) in [5, 5.41) is 12.7. The molecule has 0 fully saturated rings. The van der Waals surface area contributed by atoms with Crippen LogP contribution in [0.5, 0.6) is 0 Å². The van der Waals surface area contributed by atoms with Gasteiger partial charge in [0.05, 0.1) is 11.8 Å². The maximum atomic E-state index is 12.1. The first-order valence-corrected chi connectivity index (χ1v) is 7.35. The van der Waals surface area contributed by atoms with Gasteiger partial charge in [0, 0.05) is 11.6 Å². The molecule has 1 aliphatic carbocycles. The fraction of sp³-hybridized carbons (Fsp3) is 0.375. The highest BCUT2D eigenvalue weighted by atomic mass is 35.5. The predicted molar refractivity (Wildman–Crippen MR) is 81.2 cm³/mol. The molecule has 1 aliphatic rings. The van der Waals surface area contributed by atoms with E-state index in [1.54, 1.807) is 6.07 Å². The van der Waals surface area contributed by atoms with Crippen molar-refractivity contribution in [1.29, 1.82) is 0 Å². The van der Waals surface area contributed by atoms with E-state index in [2.05, 4.69) is 5.32 Å². The van der Waals surface area contributed by atoms with Crippen LogP contribution in [0.4, 0.5) is 0 Å². The molecular formula is C16H18ClNO3. The van der Waals surface area contributed by atoms with Crippen LogP contribution in [-0.2, 0) is 16.0 Å². The number of hydrogen-bond acceptors (Lipinski definition) is 2. The summed E-state index contributed by atoms with van der Waals surface area (Å²) in [5.41, 5.74) is 1.04. The molecule has 1 amide bonds. The first-order valence-electron chi connectivity index (χ1n) is 6.98. The lowest BCUT2D eigenvalue weighted by Gasteiger charge is -2.24. The number of allylic oxidation sites excluding steroid dienone is 2. The number of halogens is 1. The molecule has 0 spiro atoms. The van der Waals surface area contributed by atoms with Crippen molar-refractivity contribution in [2.24, 2.45) is 11.8 Å². The standard InChI is InChI=1S/C16H18ClNO3/c17-12-5-3-4-11(10-12)8-9-18-15(19)13-6-1-2-7-14(13)16(20)21/h1-5,10,13-14H,6-9H2,(H,18,19)(H,20,21)/t13-,14+/m1/s1. The van der Waals surface area contributed by atoms with Crippen LogP contribution in [0.15, 0.2) is 36.4 Å². The van der Waals surface area contributed by atoms with Crippen molar-refractivity contribution in [2.75, 3.05) is 6.54 Å². The monoisotopic (exact) mass is 307 g/mol. The van der Waals surface area contributed by atoms with Gasteiger partial charge in [-0.05, 0) is 37.0 Å². The topological polar surface area (TPSA) is 66.4 Å². The maximum Gasteiger partial charge on any atom is 0.307 e. The van der Waals surface area contributed by atoms with Crippen LogP contribution < -0.4 is 5.32 Å². The molecule has 112 valence electrons. The van der Waals surface area contributed by atoms with Gasteiger partial charge in [0.25, 0.3) is 0 Å². The van der Waals surface area contributed by atoms with E-state index in [4.69, 9.17) is 16.7 Å². The van der Waals surface area contributed by atoms with E-state index >= 15 is 0 Å². The van der Waals surface area contributed by atoms with Gasteiger partial charge in [0.15, 0.2) is 0 Å². The Morgan fingerprint density at radius 3 is 2.62 bits per heavy atom. The molecule has 0 saturated heterocycles. The Morgan fingerprint density at radius 2 is 1.95 bits per heavy atom. The second-order valence-electron chi connectivity index (χ2n) is 5.16.